The van der Waals surface area contributed by atoms with Crippen molar-refractivity contribution < 1.29 is 18.3 Å². The Hall–Kier alpha value is -3.09. The van der Waals surface area contributed by atoms with Crippen LogP contribution in [0.4, 0.5) is 8.78 Å². The van der Waals surface area contributed by atoms with Crippen molar-refractivity contribution in [2.24, 2.45) is 5.92 Å². The van der Waals surface area contributed by atoms with Gasteiger partial charge in [0.2, 0.25) is 0 Å². The van der Waals surface area contributed by atoms with Gasteiger partial charge in [-0.15, -0.1) is 0 Å². The molecule has 7 heteroatoms. The summed E-state index contributed by atoms with van der Waals surface area (Å²) < 4.78 is 34.7. The maximum Gasteiger partial charge on any atom is 0.305 e. The van der Waals surface area contributed by atoms with Crippen molar-refractivity contribution in [3.63, 3.8) is 0 Å². The molecule has 0 saturated heterocycles. The van der Waals surface area contributed by atoms with Gasteiger partial charge in [0, 0.05) is 23.3 Å². The smallest absolute Gasteiger partial charge is 0.305 e. The zero-order valence-electron chi connectivity index (χ0n) is 19.7. The fraction of sp³-hybridized carbons (Fsp3) is 0.444. The van der Waals surface area contributed by atoms with Gasteiger partial charge in [0.25, 0.3) is 5.56 Å². The molecule has 1 aliphatic carbocycles. The lowest BCUT2D eigenvalue weighted by molar-refractivity contribution is -0.145. The molecule has 34 heavy (non-hydrogen) atoms. The van der Waals surface area contributed by atoms with Gasteiger partial charge in [0.15, 0.2) is 5.82 Å². The first kappa shape index (κ1) is 24.0. The van der Waals surface area contributed by atoms with Crippen molar-refractivity contribution in [2.75, 3.05) is 6.61 Å². The highest BCUT2D eigenvalue weighted by molar-refractivity contribution is 5.84. The number of carbonyl (C=O) groups is 1. The first-order valence-electron chi connectivity index (χ1n) is 12.0. The highest BCUT2D eigenvalue weighted by atomic mass is 19.1. The molecule has 0 aliphatic heterocycles. The SMILES string of the molecule is CCC(C)(COC(=O)CCC1CCCC1)c1nn(-c2ccc(F)cc2F)c(=O)c2ccccc12. The summed E-state index contributed by atoms with van der Waals surface area (Å²) in [6.45, 7) is 3.96. The van der Waals surface area contributed by atoms with E-state index in [2.05, 4.69) is 5.10 Å². The van der Waals surface area contributed by atoms with Crippen molar-refractivity contribution >= 4 is 16.7 Å². The number of rotatable bonds is 8. The van der Waals surface area contributed by atoms with Crippen LogP contribution < -0.4 is 5.56 Å². The quantitative estimate of drug-likeness (QED) is 0.390. The standard InChI is InChI=1S/C27H30F2N2O3/c1-3-27(2,17-34-24(32)15-12-18-8-4-5-9-18)25-20-10-6-7-11-21(20)26(33)31(30-25)23-14-13-19(28)16-22(23)29/h6-7,10-11,13-14,16,18H,3-5,8-9,12,15,17H2,1-2H3. The first-order chi connectivity index (χ1) is 16.3. The van der Waals surface area contributed by atoms with E-state index in [1.165, 1.54) is 31.7 Å². The number of aromatic nitrogens is 2. The summed E-state index contributed by atoms with van der Waals surface area (Å²) in [6, 6.07) is 10.00. The topological polar surface area (TPSA) is 61.2 Å². The third kappa shape index (κ3) is 4.88. The lowest BCUT2D eigenvalue weighted by Crippen LogP contribution is -2.34. The number of hydrogen-bond acceptors (Lipinski definition) is 4. The molecule has 1 fully saturated rings. The van der Waals surface area contributed by atoms with Gasteiger partial charge in [-0.3, -0.25) is 9.59 Å². The van der Waals surface area contributed by atoms with Crippen LogP contribution in [-0.4, -0.2) is 22.4 Å². The lowest BCUT2D eigenvalue weighted by Gasteiger charge is -2.29. The number of esters is 1. The molecule has 180 valence electrons. The van der Waals surface area contributed by atoms with E-state index in [0.29, 0.717) is 35.2 Å². The number of nitrogens with zero attached hydrogens (tertiary/aromatic N) is 2. The second kappa shape index (κ2) is 10.0. The Morgan fingerprint density at radius 2 is 1.85 bits per heavy atom. The lowest BCUT2D eigenvalue weighted by atomic mass is 9.82. The molecule has 0 radical (unpaired) electrons. The Balaban J connectivity index is 1.68. The van der Waals surface area contributed by atoms with Crippen molar-refractivity contribution in [3.8, 4) is 5.69 Å². The van der Waals surface area contributed by atoms with E-state index in [1.807, 2.05) is 13.8 Å². The monoisotopic (exact) mass is 468 g/mol. The van der Waals surface area contributed by atoms with Gasteiger partial charge in [-0.2, -0.15) is 9.78 Å². The third-order valence-electron chi connectivity index (χ3n) is 7.08. The molecule has 1 atom stereocenters. The van der Waals surface area contributed by atoms with Gasteiger partial charge in [0.1, 0.15) is 18.1 Å². The predicted molar refractivity (Wildman–Crippen MR) is 127 cm³/mol. The van der Waals surface area contributed by atoms with E-state index in [4.69, 9.17) is 4.74 Å². The molecule has 1 heterocycles. The molecule has 4 rings (SSSR count). The maximum absolute atomic E-state index is 14.6. The predicted octanol–water partition coefficient (Wildman–Crippen LogP) is 5.85. The van der Waals surface area contributed by atoms with Gasteiger partial charge in [-0.05, 0) is 37.0 Å². The molecular weight excluding hydrogens is 438 g/mol. The van der Waals surface area contributed by atoms with Crippen LogP contribution in [0.5, 0.6) is 0 Å². The molecule has 0 spiro atoms. The van der Waals surface area contributed by atoms with E-state index in [-0.39, 0.29) is 18.3 Å². The van der Waals surface area contributed by atoms with E-state index < -0.39 is 22.6 Å². The summed E-state index contributed by atoms with van der Waals surface area (Å²) in [5.74, 6) is -1.26. The number of hydrogen-bond donors (Lipinski definition) is 0. The molecular formula is C27H30F2N2O3. The summed E-state index contributed by atoms with van der Waals surface area (Å²) in [4.78, 5) is 25.7. The number of fused-ring (bicyclic) bond motifs is 1. The zero-order valence-corrected chi connectivity index (χ0v) is 19.7. The van der Waals surface area contributed by atoms with Crippen molar-refractivity contribution in [1.82, 2.24) is 9.78 Å². The minimum Gasteiger partial charge on any atom is -0.465 e. The van der Waals surface area contributed by atoms with Gasteiger partial charge in [0.05, 0.1) is 11.1 Å². The molecule has 2 aromatic carbocycles. The summed E-state index contributed by atoms with van der Waals surface area (Å²) in [5.41, 5.74) is -0.825. The molecule has 0 bridgehead atoms. The number of halogens is 2. The van der Waals surface area contributed by atoms with E-state index >= 15 is 0 Å². The molecule has 1 unspecified atom stereocenters. The van der Waals surface area contributed by atoms with E-state index in [0.717, 1.165) is 23.2 Å². The zero-order chi connectivity index (χ0) is 24.3. The van der Waals surface area contributed by atoms with Crippen molar-refractivity contribution in [3.05, 3.63) is 70.1 Å². The Kier molecular flexibility index (Phi) is 7.10. The molecule has 1 saturated carbocycles. The van der Waals surface area contributed by atoms with Crippen LogP contribution in [0, 0.1) is 17.6 Å². The summed E-state index contributed by atoms with van der Waals surface area (Å²) in [5, 5.41) is 5.53. The molecule has 0 amide bonds. The number of benzene rings is 2. The van der Waals surface area contributed by atoms with Crippen LogP contribution in [0.15, 0.2) is 47.3 Å². The maximum atomic E-state index is 14.6. The Bertz CT molecular complexity index is 1250. The molecule has 0 N–H and O–H groups in total. The fourth-order valence-corrected chi connectivity index (χ4v) is 4.72. The molecule has 5 nitrogen and oxygen atoms in total. The Morgan fingerprint density at radius 3 is 2.53 bits per heavy atom. The van der Waals surface area contributed by atoms with Gasteiger partial charge in [-0.1, -0.05) is 57.7 Å². The van der Waals surface area contributed by atoms with Crippen molar-refractivity contribution in [2.45, 2.75) is 64.2 Å². The van der Waals surface area contributed by atoms with Crippen LogP contribution in [0.2, 0.25) is 0 Å². The molecule has 3 aromatic rings. The van der Waals surface area contributed by atoms with Gasteiger partial charge < -0.3 is 4.74 Å². The van der Waals surface area contributed by atoms with Crippen LogP contribution in [0.3, 0.4) is 0 Å². The summed E-state index contributed by atoms with van der Waals surface area (Å²) >= 11 is 0. The third-order valence-corrected chi connectivity index (χ3v) is 7.08. The summed E-state index contributed by atoms with van der Waals surface area (Å²) in [6.07, 6.45) is 6.63. The first-order valence-corrected chi connectivity index (χ1v) is 12.0. The van der Waals surface area contributed by atoms with Crippen LogP contribution in [-0.2, 0) is 14.9 Å². The summed E-state index contributed by atoms with van der Waals surface area (Å²) in [7, 11) is 0. The number of ether oxygens (including phenoxy) is 1. The minimum atomic E-state index is -0.882. The largest absolute Gasteiger partial charge is 0.465 e. The highest BCUT2D eigenvalue weighted by Gasteiger charge is 2.32. The highest BCUT2D eigenvalue weighted by Crippen LogP contribution is 2.32. The average Bonchev–Trinajstić information content (AvgIpc) is 3.36. The normalized spacial score (nSPS) is 16.0. The second-order valence-electron chi connectivity index (χ2n) is 9.47. The molecule has 1 aromatic heterocycles. The Morgan fingerprint density at radius 1 is 1.15 bits per heavy atom. The van der Waals surface area contributed by atoms with Gasteiger partial charge >= 0.3 is 5.97 Å². The minimum absolute atomic E-state index is 0.0914. The average molecular weight is 469 g/mol. The van der Waals surface area contributed by atoms with E-state index in [9.17, 15) is 18.4 Å². The van der Waals surface area contributed by atoms with Gasteiger partial charge in [-0.25, -0.2) is 8.78 Å². The van der Waals surface area contributed by atoms with Crippen LogP contribution in [0.25, 0.3) is 16.5 Å². The van der Waals surface area contributed by atoms with E-state index in [1.54, 1.807) is 24.3 Å². The van der Waals surface area contributed by atoms with Crippen LogP contribution >= 0.6 is 0 Å². The molecule has 1 aliphatic rings. The second-order valence-corrected chi connectivity index (χ2v) is 9.47. The Labute approximate surface area is 197 Å². The number of carbonyl (C=O) groups excluding carboxylic acids is 1. The fourth-order valence-electron chi connectivity index (χ4n) is 4.72. The van der Waals surface area contributed by atoms with Crippen LogP contribution in [0.1, 0.15) is 64.5 Å². The van der Waals surface area contributed by atoms with Crippen molar-refractivity contribution in [1.29, 1.82) is 0 Å².